The minimum Gasteiger partial charge on any atom is -0.503 e. The second kappa shape index (κ2) is 15.1. The van der Waals surface area contributed by atoms with E-state index < -0.39 is 0 Å². The first-order chi connectivity index (χ1) is 25.9. The second-order valence-corrected chi connectivity index (χ2v) is 17.7. The van der Waals surface area contributed by atoms with Crippen molar-refractivity contribution in [2.24, 2.45) is 0 Å². The van der Waals surface area contributed by atoms with Crippen molar-refractivity contribution >= 4 is 45.3 Å². The van der Waals surface area contributed by atoms with Gasteiger partial charge in [-0.1, -0.05) is 12.1 Å². The number of fused-ring (bicyclic) bond motifs is 1. The van der Waals surface area contributed by atoms with Crippen LogP contribution in [0.25, 0.3) is 50.1 Å². The number of ether oxygens (including phenoxy) is 6. The number of hydrogen-bond acceptors (Lipinski definition) is 12. The maximum Gasteiger partial charge on any atom is 0.181 e. The van der Waals surface area contributed by atoms with Crippen LogP contribution in [0.15, 0.2) is 36.4 Å². The van der Waals surface area contributed by atoms with Crippen LogP contribution in [-0.4, -0.2) is 49.9 Å². The number of aromatic hydroxyl groups is 2. The molecule has 284 valence electrons. The molecule has 2 aromatic carbocycles. The highest BCUT2D eigenvalue weighted by Gasteiger charge is 2.33. The van der Waals surface area contributed by atoms with Crippen LogP contribution >= 0.6 is 45.3 Å². The SMILES string of the molecule is COc1cccc(OC(C)C)c1-c1sc(-c2sc(-c3sc(-c4sc(-c5c(OC)cccc5OC(C)C)c5c4OCCO5)c(C)c3C)c(C)c2C)c(O)c1O. The van der Waals surface area contributed by atoms with Gasteiger partial charge in [0.2, 0.25) is 0 Å². The number of hydrogen-bond donors (Lipinski definition) is 2. The van der Waals surface area contributed by atoms with E-state index in [2.05, 4.69) is 27.7 Å². The highest BCUT2D eigenvalue weighted by molar-refractivity contribution is 7.30. The van der Waals surface area contributed by atoms with Gasteiger partial charge in [-0.15, -0.1) is 45.3 Å². The molecule has 0 saturated carbocycles. The van der Waals surface area contributed by atoms with Crippen molar-refractivity contribution in [2.75, 3.05) is 27.4 Å². The molecule has 0 radical (unpaired) electrons. The molecule has 0 spiro atoms. The predicted octanol–water partition coefficient (Wildman–Crippen LogP) is 12.3. The van der Waals surface area contributed by atoms with Crippen LogP contribution in [-0.2, 0) is 0 Å². The van der Waals surface area contributed by atoms with Crippen molar-refractivity contribution in [3.05, 3.63) is 58.7 Å². The van der Waals surface area contributed by atoms with E-state index >= 15 is 0 Å². The van der Waals surface area contributed by atoms with Crippen molar-refractivity contribution in [3.63, 3.8) is 0 Å². The van der Waals surface area contributed by atoms with Gasteiger partial charge in [0.1, 0.15) is 36.2 Å². The third-order valence-electron chi connectivity index (χ3n) is 9.37. The summed E-state index contributed by atoms with van der Waals surface area (Å²) in [7, 11) is 3.26. The zero-order valence-corrected chi connectivity index (χ0v) is 35.3. The van der Waals surface area contributed by atoms with Crippen LogP contribution in [0.1, 0.15) is 49.9 Å². The smallest absolute Gasteiger partial charge is 0.181 e. The van der Waals surface area contributed by atoms with E-state index in [0.29, 0.717) is 51.5 Å². The summed E-state index contributed by atoms with van der Waals surface area (Å²) in [4.78, 5) is 7.30. The fourth-order valence-electron chi connectivity index (χ4n) is 6.57. The quantitative estimate of drug-likeness (QED) is 0.134. The molecular formula is C42H44O8S4. The summed E-state index contributed by atoms with van der Waals surface area (Å²) in [6, 6.07) is 11.4. The molecule has 1 aliphatic rings. The summed E-state index contributed by atoms with van der Waals surface area (Å²) in [5.41, 5.74) is 5.97. The van der Waals surface area contributed by atoms with Crippen molar-refractivity contribution in [3.8, 4) is 96.1 Å². The molecular weight excluding hydrogens is 761 g/mol. The summed E-state index contributed by atoms with van der Waals surface area (Å²) < 4.78 is 36.7. The maximum absolute atomic E-state index is 11.5. The van der Waals surface area contributed by atoms with E-state index in [1.54, 1.807) is 48.2 Å². The summed E-state index contributed by atoms with van der Waals surface area (Å²) in [6.07, 6.45) is -0.124. The van der Waals surface area contributed by atoms with E-state index in [9.17, 15) is 10.2 Å². The lowest BCUT2D eigenvalue weighted by atomic mass is 10.1. The highest BCUT2D eigenvalue weighted by atomic mass is 32.1. The first-order valence-electron chi connectivity index (χ1n) is 17.7. The molecule has 4 aromatic heterocycles. The molecule has 0 bridgehead atoms. The van der Waals surface area contributed by atoms with Gasteiger partial charge in [-0.3, -0.25) is 0 Å². The molecule has 8 nitrogen and oxygen atoms in total. The average molecular weight is 805 g/mol. The Kier molecular flexibility index (Phi) is 10.6. The number of rotatable bonds is 11. The molecule has 0 saturated heterocycles. The molecule has 5 heterocycles. The van der Waals surface area contributed by atoms with Gasteiger partial charge in [0.25, 0.3) is 0 Å². The molecule has 2 N–H and O–H groups in total. The van der Waals surface area contributed by atoms with Gasteiger partial charge in [-0.05, 0) is 102 Å². The molecule has 0 amide bonds. The summed E-state index contributed by atoms with van der Waals surface area (Å²) in [6.45, 7) is 17.4. The van der Waals surface area contributed by atoms with Crippen LogP contribution in [0.3, 0.4) is 0 Å². The Labute approximate surface area is 332 Å². The molecule has 0 fully saturated rings. The lowest BCUT2D eigenvalue weighted by Gasteiger charge is -2.20. The Morgan fingerprint density at radius 2 is 0.852 bits per heavy atom. The van der Waals surface area contributed by atoms with Crippen molar-refractivity contribution in [2.45, 2.75) is 67.6 Å². The molecule has 6 aromatic rings. The first-order valence-corrected chi connectivity index (χ1v) is 21.0. The van der Waals surface area contributed by atoms with Crippen molar-refractivity contribution in [1.29, 1.82) is 0 Å². The standard InChI is InChI=1S/C42H44O8S4/c1-19(2)49-27-15-11-13-25(45-9)29(27)39-31(43)32(44)41(53-39)37-23(7)21(5)35(51-37)36-22(6)24(8)38(52-36)42-34-33(47-17-18-48-34)40(54-42)30-26(46-10)14-12-16-28(30)50-20(3)4/h11-16,19-20,43-44H,17-18H2,1-10H3. The fraction of sp³-hybridized carbons (Fsp3) is 0.333. The predicted molar refractivity (Wildman–Crippen MR) is 223 cm³/mol. The van der Waals surface area contributed by atoms with Gasteiger partial charge in [-0.2, -0.15) is 0 Å². The van der Waals surface area contributed by atoms with Crippen LogP contribution in [0.2, 0.25) is 0 Å². The average Bonchev–Trinajstić information content (AvgIpc) is 3.85. The van der Waals surface area contributed by atoms with Gasteiger partial charge >= 0.3 is 0 Å². The third-order valence-corrected chi connectivity index (χ3v) is 15.0. The molecule has 7 rings (SSSR count). The van der Waals surface area contributed by atoms with Crippen LogP contribution in [0, 0.1) is 27.7 Å². The molecule has 12 heteroatoms. The minimum atomic E-state index is -0.192. The second-order valence-electron chi connectivity index (χ2n) is 13.6. The Bertz CT molecular complexity index is 2360. The van der Waals surface area contributed by atoms with Crippen molar-refractivity contribution < 1.29 is 38.6 Å². The number of methoxy groups -OCH3 is 2. The van der Waals surface area contributed by atoms with Gasteiger partial charge in [0.05, 0.1) is 66.8 Å². The van der Waals surface area contributed by atoms with E-state index in [4.69, 9.17) is 28.4 Å². The van der Waals surface area contributed by atoms with Crippen LogP contribution in [0.4, 0.5) is 0 Å². The summed E-state index contributed by atoms with van der Waals surface area (Å²) in [5, 5.41) is 22.9. The summed E-state index contributed by atoms with van der Waals surface area (Å²) in [5.74, 6) is 3.66. The Balaban J connectivity index is 1.35. The van der Waals surface area contributed by atoms with Gasteiger partial charge in [-0.25, -0.2) is 0 Å². The fourth-order valence-corrected chi connectivity index (χ4v) is 12.2. The van der Waals surface area contributed by atoms with Gasteiger partial charge in [0.15, 0.2) is 23.0 Å². The van der Waals surface area contributed by atoms with Gasteiger partial charge < -0.3 is 38.6 Å². The van der Waals surface area contributed by atoms with Crippen molar-refractivity contribution in [1.82, 2.24) is 0 Å². The van der Waals surface area contributed by atoms with Crippen LogP contribution in [0.5, 0.6) is 46.0 Å². The third kappa shape index (κ3) is 6.46. The van der Waals surface area contributed by atoms with E-state index in [1.807, 2.05) is 64.1 Å². The zero-order valence-electron chi connectivity index (χ0n) is 32.0. The maximum atomic E-state index is 11.5. The van der Waals surface area contributed by atoms with E-state index in [0.717, 1.165) is 57.5 Å². The zero-order chi connectivity index (χ0) is 38.6. The molecule has 1 aliphatic heterocycles. The molecule has 0 aliphatic carbocycles. The lowest BCUT2D eigenvalue weighted by molar-refractivity contribution is 0.174. The molecule has 0 atom stereocenters. The Morgan fingerprint density at radius 3 is 1.31 bits per heavy atom. The number of benzene rings is 2. The number of thiophene rings is 4. The molecule has 0 unspecified atom stereocenters. The Morgan fingerprint density at radius 1 is 0.500 bits per heavy atom. The van der Waals surface area contributed by atoms with Crippen LogP contribution < -0.4 is 28.4 Å². The lowest BCUT2D eigenvalue weighted by Crippen LogP contribution is -2.15. The monoisotopic (exact) mass is 804 g/mol. The summed E-state index contributed by atoms with van der Waals surface area (Å²) >= 11 is 6.32. The topological polar surface area (TPSA) is 95.8 Å². The van der Waals surface area contributed by atoms with Gasteiger partial charge in [0, 0.05) is 9.75 Å². The Hall–Kier alpha value is -4.36. The normalized spacial score (nSPS) is 12.5. The minimum absolute atomic E-state index is 0.0282. The van der Waals surface area contributed by atoms with E-state index in [-0.39, 0.29) is 23.7 Å². The highest BCUT2D eigenvalue weighted by Crippen LogP contribution is 2.61. The largest absolute Gasteiger partial charge is 0.503 e. The first kappa shape index (κ1) is 37.9. The van der Waals surface area contributed by atoms with E-state index in [1.165, 1.54) is 22.5 Å². The molecule has 54 heavy (non-hydrogen) atoms.